The van der Waals surface area contributed by atoms with E-state index in [1.807, 2.05) is 49.3 Å². The third-order valence-electron chi connectivity index (χ3n) is 5.19. The van der Waals surface area contributed by atoms with Gasteiger partial charge in [-0.2, -0.15) is 0 Å². The Morgan fingerprint density at radius 2 is 1.83 bits per heavy atom. The van der Waals surface area contributed by atoms with Crippen molar-refractivity contribution in [2.75, 3.05) is 37.9 Å². The number of carbonyl (C=O) groups is 1. The van der Waals surface area contributed by atoms with Crippen molar-refractivity contribution in [3.05, 3.63) is 71.5 Å². The number of nitrogens with zero attached hydrogens (tertiary/aromatic N) is 6. The van der Waals surface area contributed by atoms with Crippen molar-refractivity contribution < 1.29 is 9.53 Å². The van der Waals surface area contributed by atoms with Gasteiger partial charge in [-0.3, -0.25) is 14.5 Å². The average molecular weight is 484 g/mol. The zero-order valence-corrected chi connectivity index (χ0v) is 20.4. The molecule has 0 radical (unpaired) electrons. The molecule has 0 unspecified atom stereocenters. The van der Waals surface area contributed by atoms with Crippen LogP contribution in [0.1, 0.15) is 0 Å². The van der Waals surface area contributed by atoms with Crippen molar-refractivity contribution in [2.45, 2.75) is 0 Å². The van der Waals surface area contributed by atoms with Gasteiger partial charge in [0.2, 0.25) is 5.88 Å². The van der Waals surface area contributed by atoms with Crippen molar-refractivity contribution in [3.63, 3.8) is 0 Å². The Hall–Kier alpha value is -4.75. The molecular formula is C26H25N7O3. The number of carbonyl (C=O) groups excluding carboxylic acids is 1. The van der Waals surface area contributed by atoms with Crippen LogP contribution in [0.3, 0.4) is 0 Å². The molecular weight excluding hydrogens is 458 g/mol. The fourth-order valence-electron chi connectivity index (χ4n) is 3.19. The third kappa shape index (κ3) is 5.84. The standard InChI is InChI=1S/C26H25N7O3/c1-31(2)13-5-6-24(34)33(4)19-9-12-22-21(14-19)26(28-16-27-22)30-18-7-10-20(11-8-18)36-23-15-25(35)32(3)17-29-23/h7-12,14-17H,13H2,1-4H3,(H,27,28,30). The lowest BCUT2D eigenvalue weighted by molar-refractivity contribution is -0.113. The van der Waals surface area contributed by atoms with E-state index in [-0.39, 0.29) is 17.3 Å². The van der Waals surface area contributed by atoms with Crippen molar-refractivity contribution in [1.82, 2.24) is 24.4 Å². The van der Waals surface area contributed by atoms with Crippen LogP contribution >= 0.6 is 0 Å². The Morgan fingerprint density at radius 3 is 2.56 bits per heavy atom. The predicted octanol–water partition coefficient (Wildman–Crippen LogP) is 2.79. The molecule has 0 bridgehead atoms. The minimum atomic E-state index is -0.302. The van der Waals surface area contributed by atoms with Gasteiger partial charge in [0.05, 0.1) is 18.1 Å². The van der Waals surface area contributed by atoms with E-state index in [1.165, 1.54) is 28.2 Å². The number of anilines is 3. The van der Waals surface area contributed by atoms with Crippen LogP contribution in [0.2, 0.25) is 0 Å². The molecule has 2 aromatic carbocycles. The van der Waals surface area contributed by atoms with Gasteiger partial charge >= 0.3 is 5.91 Å². The normalized spacial score (nSPS) is 10.6. The quantitative estimate of drug-likeness (QED) is 0.418. The number of hydrogen-bond acceptors (Lipinski definition) is 8. The molecule has 0 aliphatic rings. The molecule has 0 spiro atoms. The zero-order valence-electron chi connectivity index (χ0n) is 20.4. The molecule has 0 atom stereocenters. The van der Waals surface area contributed by atoms with Crippen molar-refractivity contribution in [1.29, 1.82) is 0 Å². The lowest BCUT2D eigenvalue weighted by atomic mass is 10.2. The fraction of sp³-hybridized carbons (Fsp3) is 0.192. The summed E-state index contributed by atoms with van der Waals surface area (Å²) in [5.74, 6) is 6.55. The maximum Gasteiger partial charge on any atom is 0.302 e. The Kier molecular flexibility index (Phi) is 7.23. The van der Waals surface area contributed by atoms with Gasteiger partial charge in [-0.25, -0.2) is 15.0 Å². The molecule has 10 nitrogen and oxygen atoms in total. The monoisotopic (exact) mass is 483 g/mol. The highest BCUT2D eigenvalue weighted by Crippen LogP contribution is 2.28. The first-order valence-electron chi connectivity index (χ1n) is 11.0. The summed E-state index contributed by atoms with van der Waals surface area (Å²) in [6.45, 7) is 0.503. The molecule has 10 heteroatoms. The lowest BCUT2D eigenvalue weighted by Crippen LogP contribution is -2.24. The minimum absolute atomic E-state index is 0.207. The Morgan fingerprint density at radius 1 is 1.06 bits per heavy atom. The maximum atomic E-state index is 12.5. The first kappa shape index (κ1) is 24.4. The smallest absolute Gasteiger partial charge is 0.302 e. The van der Waals surface area contributed by atoms with E-state index in [0.717, 1.165) is 16.6 Å². The van der Waals surface area contributed by atoms with Crippen LogP contribution in [0.4, 0.5) is 17.2 Å². The number of hydrogen-bond donors (Lipinski definition) is 1. The van der Waals surface area contributed by atoms with Gasteiger partial charge in [0.15, 0.2) is 0 Å². The van der Waals surface area contributed by atoms with E-state index >= 15 is 0 Å². The van der Waals surface area contributed by atoms with E-state index in [0.29, 0.717) is 23.8 Å². The van der Waals surface area contributed by atoms with Gasteiger partial charge in [-0.15, -0.1) is 0 Å². The number of fused-ring (bicyclic) bond motifs is 1. The van der Waals surface area contributed by atoms with Crippen LogP contribution in [-0.2, 0) is 11.8 Å². The lowest BCUT2D eigenvalue weighted by Gasteiger charge is -2.16. The molecule has 36 heavy (non-hydrogen) atoms. The SMILES string of the molecule is CN(C)CC#CC(=O)N(C)c1ccc2ncnc(Nc3ccc(Oc4cc(=O)n(C)cn4)cc3)c2c1. The van der Waals surface area contributed by atoms with E-state index in [1.54, 1.807) is 26.2 Å². The highest BCUT2D eigenvalue weighted by atomic mass is 16.5. The van der Waals surface area contributed by atoms with Crippen LogP contribution in [0.15, 0.2) is 66.0 Å². The number of aryl methyl sites for hydroxylation is 1. The van der Waals surface area contributed by atoms with Gasteiger partial charge < -0.3 is 19.5 Å². The molecule has 4 rings (SSSR count). The second-order valence-electron chi connectivity index (χ2n) is 8.26. The molecule has 0 fully saturated rings. The molecule has 0 saturated heterocycles. The van der Waals surface area contributed by atoms with Crippen LogP contribution in [0, 0.1) is 11.8 Å². The molecule has 1 amide bonds. The van der Waals surface area contributed by atoms with Crippen molar-refractivity contribution in [3.8, 4) is 23.5 Å². The Labute approximate surface area is 208 Å². The number of aromatic nitrogens is 4. The highest BCUT2D eigenvalue weighted by Gasteiger charge is 2.12. The predicted molar refractivity (Wildman–Crippen MR) is 139 cm³/mol. The minimum Gasteiger partial charge on any atom is -0.439 e. The summed E-state index contributed by atoms with van der Waals surface area (Å²) in [5.41, 5.74) is 1.96. The Balaban J connectivity index is 1.53. The van der Waals surface area contributed by atoms with Gasteiger partial charge in [-0.05, 0) is 62.5 Å². The van der Waals surface area contributed by atoms with Gasteiger partial charge in [-0.1, -0.05) is 5.92 Å². The summed E-state index contributed by atoms with van der Waals surface area (Å²) in [7, 11) is 7.09. The summed E-state index contributed by atoms with van der Waals surface area (Å²) in [6, 6.07) is 14.0. The molecule has 2 heterocycles. The summed E-state index contributed by atoms with van der Waals surface area (Å²) in [5, 5.41) is 4.03. The first-order chi connectivity index (χ1) is 17.3. The largest absolute Gasteiger partial charge is 0.439 e. The Bertz CT molecular complexity index is 1520. The number of rotatable bonds is 6. The molecule has 0 aliphatic heterocycles. The maximum absolute atomic E-state index is 12.5. The topological polar surface area (TPSA) is 105 Å². The summed E-state index contributed by atoms with van der Waals surface area (Å²) in [6.07, 6.45) is 2.88. The third-order valence-corrected chi connectivity index (χ3v) is 5.19. The highest BCUT2D eigenvalue weighted by molar-refractivity contribution is 6.06. The van der Waals surface area contributed by atoms with Gasteiger partial charge in [0.1, 0.15) is 24.2 Å². The first-order valence-corrected chi connectivity index (χ1v) is 11.0. The van der Waals surface area contributed by atoms with Crippen LogP contribution < -0.4 is 20.5 Å². The molecule has 0 aliphatic carbocycles. The number of amides is 1. The number of nitrogens with one attached hydrogen (secondary N) is 1. The summed E-state index contributed by atoms with van der Waals surface area (Å²) in [4.78, 5) is 40.4. The van der Waals surface area contributed by atoms with E-state index in [4.69, 9.17) is 4.74 Å². The summed E-state index contributed by atoms with van der Waals surface area (Å²) >= 11 is 0. The molecule has 2 aromatic heterocycles. The molecule has 182 valence electrons. The number of ether oxygens (including phenoxy) is 1. The molecule has 4 aromatic rings. The van der Waals surface area contributed by atoms with Crippen molar-refractivity contribution in [2.24, 2.45) is 7.05 Å². The number of benzene rings is 2. The molecule has 1 N–H and O–H groups in total. The van der Waals surface area contributed by atoms with Gasteiger partial charge in [0.25, 0.3) is 5.56 Å². The average Bonchev–Trinajstić information content (AvgIpc) is 2.86. The second kappa shape index (κ2) is 10.7. The van der Waals surface area contributed by atoms with E-state index in [9.17, 15) is 9.59 Å². The molecule has 0 saturated carbocycles. The van der Waals surface area contributed by atoms with E-state index < -0.39 is 0 Å². The second-order valence-corrected chi connectivity index (χ2v) is 8.26. The van der Waals surface area contributed by atoms with Gasteiger partial charge in [0, 0.05) is 30.9 Å². The summed E-state index contributed by atoms with van der Waals surface area (Å²) < 4.78 is 7.03. The van der Waals surface area contributed by atoms with Crippen LogP contribution in [-0.4, -0.2) is 58.0 Å². The van der Waals surface area contributed by atoms with Crippen LogP contribution in [0.5, 0.6) is 11.6 Å². The zero-order chi connectivity index (χ0) is 25.7. The van der Waals surface area contributed by atoms with E-state index in [2.05, 4.69) is 32.1 Å². The van der Waals surface area contributed by atoms with Crippen LogP contribution in [0.25, 0.3) is 10.9 Å². The fourth-order valence-corrected chi connectivity index (χ4v) is 3.19. The van der Waals surface area contributed by atoms with Crippen molar-refractivity contribution >= 4 is 34.0 Å².